The molecule has 1 aliphatic rings. The van der Waals surface area contributed by atoms with E-state index in [1.807, 2.05) is 18.2 Å². The lowest BCUT2D eigenvalue weighted by Crippen LogP contribution is -2.13. The van der Waals surface area contributed by atoms with Crippen LogP contribution in [0.5, 0.6) is 5.75 Å². The number of benzene rings is 1. The van der Waals surface area contributed by atoms with E-state index in [4.69, 9.17) is 16.3 Å². The third-order valence-electron chi connectivity index (χ3n) is 2.81. The molecule has 1 N–H and O–H groups in total. The minimum atomic E-state index is 0.771. The second kappa shape index (κ2) is 5.37. The van der Waals surface area contributed by atoms with Crippen molar-refractivity contribution in [2.75, 3.05) is 20.2 Å². The van der Waals surface area contributed by atoms with Gasteiger partial charge in [-0.05, 0) is 55.3 Å². The summed E-state index contributed by atoms with van der Waals surface area (Å²) in [4.78, 5) is 0. The van der Waals surface area contributed by atoms with Gasteiger partial charge in [0.15, 0.2) is 0 Å². The molecule has 16 heavy (non-hydrogen) atoms. The van der Waals surface area contributed by atoms with Gasteiger partial charge in [0.1, 0.15) is 5.75 Å². The Morgan fingerprint density at radius 2 is 2.19 bits per heavy atom. The first-order valence-electron chi connectivity index (χ1n) is 5.55. The van der Waals surface area contributed by atoms with Crippen LogP contribution in [0, 0.1) is 0 Å². The standard InChI is InChI=1S/C13H16ClNO/c1-16-11-4-5-12(13(14)9-11)10-3-2-7-15-8-6-10/h3-5,9,15H,2,6-8H2,1H3. The first-order valence-corrected chi connectivity index (χ1v) is 5.92. The lowest BCUT2D eigenvalue weighted by atomic mass is 10.0. The molecular formula is C13H16ClNO. The molecule has 3 heteroatoms. The van der Waals surface area contributed by atoms with E-state index in [1.165, 1.54) is 5.57 Å². The van der Waals surface area contributed by atoms with E-state index in [1.54, 1.807) is 7.11 Å². The van der Waals surface area contributed by atoms with Gasteiger partial charge in [0.25, 0.3) is 0 Å². The second-order valence-corrected chi connectivity index (χ2v) is 4.27. The minimum Gasteiger partial charge on any atom is -0.497 e. The number of methoxy groups -OCH3 is 1. The van der Waals surface area contributed by atoms with Crippen molar-refractivity contribution in [2.45, 2.75) is 12.8 Å². The molecule has 1 aliphatic heterocycles. The van der Waals surface area contributed by atoms with E-state index >= 15 is 0 Å². The van der Waals surface area contributed by atoms with Gasteiger partial charge in [0, 0.05) is 0 Å². The summed E-state index contributed by atoms with van der Waals surface area (Å²) in [6, 6.07) is 5.87. The van der Waals surface area contributed by atoms with Crippen molar-refractivity contribution >= 4 is 17.2 Å². The predicted octanol–water partition coefficient (Wildman–Crippen LogP) is 3.12. The Morgan fingerprint density at radius 3 is 2.94 bits per heavy atom. The zero-order valence-corrected chi connectivity index (χ0v) is 10.2. The van der Waals surface area contributed by atoms with Gasteiger partial charge in [0.2, 0.25) is 0 Å². The molecule has 0 atom stereocenters. The Balaban J connectivity index is 2.28. The van der Waals surface area contributed by atoms with Crippen molar-refractivity contribution in [3.63, 3.8) is 0 Å². The van der Waals surface area contributed by atoms with E-state index in [9.17, 15) is 0 Å². The van der Waals surface area contributed by atoms with Crippen LogP contribution in [0.4, 0.5) is 0 Å². The Labute approximate surface area is 101 Å². The van der Waals surface area contributed by atoms with Gasteiger partial charge in [-0.1, -0.05) is 17.7 Å². The summed E-state index contributed by atoms with van der Waals surface area (Å²) in [6.07, 6.45) is 4.37. The molecule has 1 aromatic carbocycles. The van der Waals surface area contributed by atoms with Crippen LogP contribution < -0.4 is 10.1 Å². The lowest BCUT2D eigenvalue weighted by Gasteiger charge is -2.09. The van der Waals surface area contributed by atoms with Crippen LogP contribution in [0.3, 0.4) is 0 Å². The fourth-order valence-corrected chi connectivity index (χ4v) is 2.22. The third kappa shape index (κ3) is 2.57. The molecule has 1 aromatic rings. The molecule has 0 bridgehead atoms. The third-order valence-corrected chi connectivity index (χ3v) is 3.12. The molecule has 0 aliphatic carbocycles. The van der Waals surface area contributed by atoms with Crippen molar-refractivity contribution in [2.24, 2.45) is 0 Å². The maximum atomic E-state index is 6.25. The maximum Gasteiger partial charge on any atom is 0.120 e. The van der Waals surface area contributed by atoms with Gasteiger partial charge >= 0.3 is 0 Å². The Hall–Kier alpha value is -0.990. The SMILES string of the molecule is COc1ccc(C2=CCCNCC2)c(Cl)c1. The largest absolute Gasteiger partial charge is 0.497 e. The lowest BCUT2D eigenvalue weighted by molar-refractivity contribution is 0.415. The summed E-state index contributed by atoms with van der Waals surface area (Å²) in [7, 11) is 1.65. The van der Waals surface area contributed by atoms with Crippen LogP contribution in [0.1, 0.15) is 18.4 Å². The first-order chi connectivity index (χ1) is 7.81. The monoisotopic (exact) mass is 237 g/mol. The van der Waals surface area contributed by atoms with Crippen LogP contribution in [0.2, 0.25) is 5.02 Å². The van der Waals surface area contributed by atoms with Gasteiger partial charge in [0.05, 0.1) is 12.1 Å². The van der Waals surface area contributed by atoms with Crippen LogP contribution in [0.15, 0.2) is 24.3 Å². The van der Waals surface area contributed by atoms with Gasteiger partial charge in [-0.3, -0.25) is 0 Å². The number of halogens is 1. The fraction of sp³-hybridized carbons (Fsp3) is 0.385. The molecule has 0 unspecified atom stereocenters. The van der Waals surface area contributed by atoms with Crippen LogP contribution >= 0.6 is 11.6 Å². The highest BCUT2D eigenvalue weighted by Gasteiger charge is 2.09. The highest BCUT2D eigenvalue weighted by molar-refractivity contribution is 6.32. The maximum absolute atomic E-state index is 6.25. The average Bonchev–Trinajstić information content (AvgIpc) is 2.57. The minimum absolute atomic E-state index is 0.771. The van der Waals surface area contributed by atoms with Crippen molar-refractivity contribution in [3.8, 4) is 5.75 Å². The van der Waals surface area contributed by atoms with Crippen molar-refractivity contribution in [3.05, 3.63) is 34.9 Å². The molecule has 0 aromatic heterocycles. The molecule has 2 nitrogen and oxygen atoms in total. The molecule has 86 valence electrons. The van der Waals surface area contributed by atoms with E-state index in [0.717, 1.165) is 42.3 Å². The molecular weight excluding hydrogens is 222 g/mol. The van der Waals surface area contributed by atoms with E-state index in [-0.39, 0.29) is 0 Å². The summed E-state index contributed by atoms with van der Waals surface area (Å²) < 4.78 is 5.15. The van der Waals surface area contributed by atoms with Crippen LogP contribution in [-0.4, -0.2) is 20.2 Å². The van der Waals surface area contributed by atoms with Gasteiger partial charge in [-0.2, -0.15) is 0 Å². The second-order valence-electron chi connectivity index (χ2n) is 3.86. The quantitative estimate of drug-likeness (QED) is 0.854. The summed E-state index contributed by atoms with van der Waals surface area (Å²) >= 11 is 6.25. The summed E-state index contributed by atoms with van der Waals surface area (Å²) in [6.45, 7) is 2.07. The van der Waals surface area contributed by atoms with Crippen LogP contribution in [-0.2, 0) is 0 Å². The Bertz CT molecular complexity index is 401. The fourth-order valence-electron chi connectivity index (χ4n) is 1.93. The highest BCUT2D eigenvalue weighted by Crippen LogP contribution is 2.30. The average molecular weight is 238 g/mol. The highest BCUT2D eigenvalue weighted by atomic mass is 35.5. The predicted molar refractivity (Wildman–Crippen MR) is 68.1 cm³/mol. The van der Waals surface area contributed by atoms with E-state index in [0.29, 0.717) is 0 Å². The topological polar surface area (TPSA) is 21.3 Å². The first kappa shape index (κ1) is 11.5. The molecule has 0 amide bonds. The molecule has 0 spiro atoms. The van der Waals surface area contributed by atoms with Gasteiger partial charge in [-0.25, -0.2) is 0 Å². The number of hydrogen-bond acceptors (Lipinski definition) is 2. The normalized spacial score (nSPS) is 16.5. The van der Waals surface area contributed by atoms with E-state index in [2.05, 4.69) is 11.4 Å². The van der Waals surface area contributed by atoms with E-state index < -0.39 is 0 Å². The molecule has 0 saturated carbocycles. The molecule has 2 rings (SSSR count). The number of hydrogen-bond donors (Lipinski definition) is 1. The smallest absolute Gasteiger partial charge is 0.120 e. The summed E-state index contributed by atoms with van der Waals surface area (Å²) in [5.41, 5.74) is 2.46. The number of rotatable bonds is 2. The molecule has 1 heterocycles. The molecule has 0 radical (unpaired) electrons. The Kier molecular flexibility index (Phi) is 3.86. The number of ether oxygens (including phenoxy) is 1. The summed E-state index contributed by atoms with van der Waals surface area (Å²) in [5.74, 6) is 0.807. The van der Waals surface area contributed by atoms with Gasteiger partial charge in [-0.15, -0.1) is 0 Å². The zero-order valence-electron chi connectivity index (χ0n) is 9.42. The van der Waals surface area contributed by atoms with Crippen molar-refractivity contribution in [1.29, 1.82) is 0 Å². The Morgan fingerprint density at radius 1 is 1.31 bits per heavy atom. The van der Waals surface area contributed by atoms with Crippen LogP contribution in [0.25, 0.3) is 5.57 Å². The van der Waals surface area contributed by atoms with Gasteiger partial charge < -0.3 is 10.1 Å². The van der Waals surface area contributed by atoms with Crippen molar-refractivity contribution in [1.82, 2.24) is 5.32 Å². The zero-order chi connectivity index (χ0) is 11.4. The molecule has 0 fully saturated rings. The van der Waals surface area contributed by atoms with Crippen molar-refractivity contribution < 1.29 is 4.74 Å². The molecule has 0 saturated heterocycles. The summed E-state index contributed by atoms with van der Waals surface area (Å²) in [5, 5.41) is 4.14. The number of nitrogens with one attached hydrogen (secondary N) is 1.